The van der Waals surface area contributed by atoms with E-state index >= 15 is 0 Å². The Kier molecular flexibility index (Phi) is 3.27. The maximum absolute atomic E-state index is 2.71. The molecular weight excluding hydrogens is 208 g/mol. The molecule has 2 fully saturated rings. The molecule has 0 aromatic rings. The predicted octanol–water partition coefficient (Wildman–Crippen LogP) is 2.22. The smallest absolute Gasteiger partial charge is 0.0113 e. The second-order valence-corrected chi connectivity index (χ2v) is 6.47. The Morgan fingerprint density at radius 3 is 2.35 bits per heavy atom. The molecule has 1 aliphatic heterocycles. The standard InChI is InChI=1S/C15H26N2/c1-12(2)17-7-5-16(6-8-17)11-15-10-13-3-4-14(15)9-13/h3-4,12-15H,5-11H2,1-2H3/t13-,14-,15-/m0/s1. The third-order valence-electron chi connectivity index (χ3n) is 5.05. The van der Waals surface area contributed by atoms with Gasteiger partial charge in [-0.2, -0.15) is 0 Å². The van der Waals surface area contributed by atoms with Gasteiger partial charge in [0, 0.05) is 38.8 Å². The average molecular weight is 234 g/mol. The van der Waals surface area contributed by atoms with Gasteiger partial charge in [-0.05, 0) is 44.4 Å². The molecule has 0 unspecified atom stereocenters. The van der Waals surface area contributed by atoms with Crippen LogP contribution in [-0.2, 0) is 0 Å². The third-order valence-corrected chi connectivity index (χ3v) is 5.05. The first-order valence-electron chi connectivity index (χ1n) is 7.37. The lowest BCUT2D eigenvalue weighted by atomic mass is 9.93. The van der Waals surface area contributed by atoms with E-state index in [0.717, 1.165) is 23.8 Å². The maximum atomic E-state index is 2.71. The van der Waals surface area contributed by atoms with Crippen molar-refractivity contribution in [3.05, 3.63) is 12.2 Å². The fraction of sp³-hybridized carbons (Fsp3) is 0.867. The summed E-state index contributed by atoms with van der Waals surface area (Å²) < 4.78 is 0. The van der Waals surface area contributed by atoms with E-state index < -0.39 is 0 Å². The lowest BCUT2D eigenvalue weighted by Gasteiger charge is -2.38. The highest BCUT2D eigenvalue weighted by molar-refractivity contribution is 5.10. The predicted molar refractivity (Wildman–Crippen MR) is 72.0 cm³/mol. The van der Waals surface area contributed by atoms with Gasteiger partial charge in [0.15, 0.2) is 0 Å². The summed E-state index contributed by atoms with van der Waals surface area (Å²) >= 11 is 0. The molecule has 17 heavy (non-hydrogen) atoms. The molecule has 2 nitrogen and oxygen atoms in total. The molecule has 3 aliphatic rings. The number of nitrogens with zero attached hydrogens (tertiary/aromatic N) is 2. The van der Waals surface area contributed by atoms with Crippen LogP contribution in [0.3, 0.4) is 0 Å². The number of rotatable bonds is 3. The Balaban J connectivity index is 1.47. The number of piperazine rings is 1. The van der Waals surface area contributed by atoms with Crippen LogP contribution < -0.4 is 0 Å². The summed E-state index contributed by atoms with van der Waals surface area (Å²) in [5, 5.41) is 0. The molecule has 0 aromatic heterocycles. The second kappa shape index (κ2) is 4.74. The largest absolute Gasteiger partial charge is 0.300 e. The van der Waals surface area contributed by atoms with Crippen LogP contribution in [0, 0.1) is 17.8 Å². The van der Waals surface area contributed by atoms with Crippen molar-refractivity contribution in [1.29, 1.82) is 0 Å². The van der Waals surface area contributed by atoms with Gasteiger partial charge >= 0.3 is 0 Å². The summed E-state index contributed by atoms with van der Waals surface area (Å²) in [4.78, 5) is 5.31. The maximum Gasteiger partial charge on any atom is 0.0113 e. The minimum atomic E-state index is 0.725. The quantitative estimate of drug-likeness (QED) is 0.691. The van der Waals surface area contributed by atoms with Crippen LogP contribution in [0.1, 0.15) is 26.7 Å². The Hall–Kier alpha value is -0.340. The molecule has 0 spiro atoms. The van der Waals surface area contributed by atoms with Crippen LogP contribution in [0.5, 0.6) is 0 Å². The Morgan fingerprint density at radius 2 is 1.82 bits per heavy atom. The van der Waals surface area contributed by atoms with Crippen LogP contribution in [0.25, 0.3) is 0 Å². The van der Waals surface area contributed by atoms with Crippen molar-refractivity contribution in [2.75, 3.05) is 32.7 Å². The summed E-state index contributed by atoms with van der Waals surface area (Å²) in [5.74, 6) is 2.82. The molecular formula is C15H26N2. The first-order chi connectivity index (χ1) is 8.22. The molecule has 1 saturated heterocycles. The van der Waals surface area contributed by atoms with E-state index in [0.29, 0.717) is 0 Å². The van der Waals surface area contributed by atoms with E-state index in [1.54, 1.807) is 0 Å². The van der Waals surface area contributed by atoms with Gasteiger partial charge in [0.25, 0.3) is 0 Å². The first kappa shape index (κ1) is 11.7. The lowest BCUT2D eigenvalue weighted by molar-refractivity contribution is 0.0932. The Morgan fingerprint density at radius 1 is 1.06 bits per heavy atom. The van der Waals surface area contributed by atoms with Crippen LogP contribution >= 0.6 is 0 Å². The summed E-state index contributed by atoms with van der Waals surface area (Å²) in [6, 6.07) is 0.725. The highest BCUT2D eigenvalue weighted by Crippen LogP contribution is 2.43. The van der Waals surface area contributed by atoms with E-state index in [9.17, 15) is 0 Å². The highest BCUT2D eigenvalue weighted by Gasteiger charge is 2.36. The number of fused-ring (bicyclic) bond motifs is 2. The molecule has 0 aromatic carbocycles. The summed E-state index contributed by atoms with van der Waals surface area (Å²) in [5.41, 5.74) is 0. The van der Waals surface area contributed by atoms with E-state index in [1.807, 2.05) is 0 Å². The van der Waals surface area contributed by atoms with Crippen molar-refractivity contribution < 1.29 is 0 Å². The van der Waals surface area contributed by atoms with Crippen LogP contribution in [-0.4, -0.2) is 48.6 Å². The summed E-state index contributed by atoms with van der Waals surface area (Å²) in [7, 11) is 0. The van der Waals surface area contributed by atoms with E-state index in [-0.39, 0.29) is 0 Å². The second-order valence-electron chi connectivity index (χ2n) is 6.47. The van der Waals surface area contributed by atoms with Gasteiger partial charge in [0.2, 0.25) is 0 Å². The van der Waals surface area contributed by atoms with Crippen LogP contribution in [0.4, 0.5) is 0 Å². The molecule has 2 aliphatic carbocycles. The Labute approximate surface area is 106 Å². The van der Waals surface area contributed by atoms with Gasteiger partial charge in [-0.3, -0.25) is 4.90 Å². The summed E-state index contributed by atoms with van der Waals surface area (Å²) in [6.45, 7) is 11.1. The average Bonchev–Trinajstić information content (AvgIpc) is 2.91. The minimum absolute atomic E-state index is 0.725. The third kappa shape index (κ3) is 2.43. The van der Waals surface area contributed by atoms with Crippen molar-refractivity contribution in [2.24, 2.45) is 17.8 Å². The zero-order chi connectivity index (χ0) is 11.8. The molecule has 2 bridgehead atoms. The van der Waals surface area contributed by atoms with E-state index in [2.05, 4.69) is 35.8 Å². The molecule has 1 saturated carbocycles. The molecule has 96 valence electrons. The molecule has 1 heterocycles. The van der Waals surface area contributed by atoms with Crippen molar-refractivity contribution in [3.63, 3.8) is 0 Å². The lowest BCUT2D eigenvalue weighted by Crippen LogP contribution is -2.50. The minimum Gasteiger partial charge on any atom is -0.300 e. The number of allylic oxidation sites excluding steroid dienone is 2. The molecule has 0 amide bonds. The van der Waals surface area contributed by atoms with E-state index in [4.69, 9.17) is 0 Å². The Bertz CT molecular complexity index is 289. The fourth-order valence-corrected chi connectivity index (χ4v) is 3.90. The van der Waals surface area contributed by atoms with Gasteiger partial charge < -0.3 is 4.90 Å². The van der Waals surface area contributed by atoms with Crippen molar-refractivity contribution in [2.45, 2.75) is 32.7 Å². The van der Waals surface area contributed by atoms with Crippen molar-refractivity contribution in [1.82, 2.24) is 9.80 Å². The molecule has 3 rings (SSSR count). The zero-order valence-electron chi connectivity index (χ0n) is 11.3. The SMILES string of the molecule is CC(C)N1CCN(C[C@@H]2C[C@H]3C=C[C@H]2C3)CC1. The number of hydrogen-bond donors (Lipinski definition) is 0. The van der Waals surface area contributed by atoms with Gasteiger partial charge in [0.05, 0.1) is 0 Å². The molecule has 3 atom stereocenters. The highest BCUT2D eigenvalue weighted by atomic mass is 15.3. The first-order valence-corrected chi connectivity index (χ1v) is 7.37. The van der Waals surface area contributed by atoms with Gasteiger partial charge in [-0.1, -0.05) is 12.2 Å². The number of hydrogen-bond acceptors (Lipinski definition) is 2. The van der Waals surface area contributed by atoms with Crippen molar-refractivity contribution in [3.8, 4) is 0 Å². The molecule has 2 heteroatoms. The summed E-state index contributed by atoms with van der Waals surface area (Å²) in [6.07, 6.45) is 7.86. The van der Waals surface area contributed by atoms with Crippen LogP contribution in [0.2, 0.25) is 0 Å². The van der Waals surface area contributed by atoms with Crippen LogP contribution in [0.15, 0.2) is 12.2 Å². The monoisotopic (exact) mass is 234 g/mol. The fourth-order valence-electron chi connectivity index (χ4n) is 3.90. The van der Waals surface area contributed by atoms with Crippen molar-refractivity contribution >= 4 is 0 Å². The van der Waals surface area contributed by atoms with Gasteiger partial charge in [-0.15, -0.1) is 0 Å². The zero-order valence-corrected chi connectivity index (χ0v) is 11.3. The van der Waals surface area contributed by atoms with E-state index in [1.165, 1.54) is 45.6 Å². The molecule has 0 radical (unpaired) electrons. The van der Waals surface area contributed by atoms with Gasteiger partial charge in [-0.25, -0.2) is 0 Å². The van der Waals surface area contributed by atoms with Gasteiger partial charge in [0.1, 0.15) is 0 Å². The molecule has 0 N–H and O–H groups in total. The normalized spacial score (nSPS) is 38.4. The topological polar surface area (TPSA) is 6.48 Å².